The molecule has 2 aromatic rings. The Hall–Kier alpha value is -2.63. The van der Waals surface area contributed by atoms with Gasteiger partial charge in [-0.05, 0) is 30.2 Å². The van der Waals surface area contributed by atoms with Gasteiger partial charge >= 0.3 is 0 Å². The number of rotatable bonds is 7. The maximum atomic E-state index is 10.5. The Morgan fingerprint density at radius 3 is 2.48 bits per heavy atom. The second-order valence-corrected chi connectivity index (χ2v) is 4.64. The van der Waals surface area contributed by atoms with E-state index in [0.717, 1.165) is 24.2 Å². The second kappa shape index (κ2) is 7.23. The van der Waals surface area contributed by atoms with E-state index in [4.69, 9.17) is 0 Å². The molecule has 0 radical (unpaired) electrons. The van der Waals surface area contributed by atoms with Gasteiger partial charge in [-0.25, -0.2) is 4.98 Å². The molecule has 0 aliphatic heterocycles. The Morgan fingerprint density at radius 1 is 1.14 bits per heavy atom. The molecule has 2 N–H and O–H groups in total. The quantitative estimate of drug-likeness (QED) is 0.602. The lowest BCUT2D eigenvalue weighted by atomic mass is 10.2. The smallest absolute Gasteiger partial charge is 0.287 e. The van der Waals surface area contributed by atoms with Crippen molar-refractivity contribution in [3.05, 3.63) is 58.3 Å². The summed E-state index contributed by atoms with van der Waals surface area (Å²) >= 11 is 0. The van der Waals surface area contributed by atoms with Gasteiger partial charge in [-0.3, -0.25) is 10.1 Å². The number of pyridine rings is 1. The molecule has 6 heteroatoms. The Morgan fingerprint density at radius 2 is 1.90 bits per heavy atom. The van der Waals surface area contributed by atoms with Gasteiger partial charge in [0.1, 0.15) is 12.0 Å². The molecule has 0 spiro atoms. The molecule has 0 bridgehead atoms. The minimum Gasteiger partial charge on any atom is -0.385 e. The van der Waals surface area contributed by atoms with Crippen LogP contribution in [0.15, 0.2) is 42.6 Å². The fourth-order valence-corrected chi connectivity index (χ4v) is 1.80. The van der Waals surface area contributed by atoms with Gasteiger partial charge in [-0.1, -0.05) is 19.1 Å². The fourth-order valence-electron chi connectivity index (χ4n) is 1.80. The highest BCUT2D eigenvalue weighted by atomic mass is 16.6. The number of nitrogens with zero attached hydrogens (tertiary/aromatic N) is 2. The van der Waals surface area contributed by atoms with Crippen molar-refractivity contribution in [3.8, 4) is 0 Å². The summed E-state index contributed by atoms with van der Waals surface area (Å²) in [5, 5.41) is 17.0. The molecule has 110 valence electrons. The first kappa shape index (κ1) is 14.8. The molecule has 6 nitrogen and oxygen atoms in total. The zero-order valence-electron chi connectivity index (χ0n) is 11.9. The number of aromatic nitrogens is 1. The summed E-state index contributed by atoms with van der Waals surface area (Å²) in [4.78, 5) is 14.1. The second-order valence-electron chi connectivity index (χ2n) is 4.64. The van der Waals surface area contributed by atoms with Crippen LogP contribution in [0.5, 0.6) is 0 Å². The molecule has 0 saturated heterocycles. The van der Waals surface area contributed by atoms with Crippen molar-refractivity contribution in [2.24, 2.45) is 0 Å². The number of benzene rings is 1. The maximum Gasteiger partial charge on any atom is 0.287 e. The first-order chi connectivity index (χ1) is 10.2. The molecule has 0 saturated carbocycles. The average Bonchev–Trinajstić information content (AvgIpc) is 2.52. The standard InChI is InChI=1S/C15H18N4O2/c1-2-9-16-13-5-3-12(4-6-13)10-17-15-8-7-14(11-18-15)19(20)21/h3-8,11,16H,2,9-10H2,1H3,(H,17,18). The molecule has 1 aromatic heterocycles. The predicted molar refractivity (Wildman–Crippen MR) is 83.4 cm³/mol. The molecule has 0 unspecified atom stereocenters. The molecule has 0 aliphatic rings. The summed E-state index contributed by atoms with van der Waals surface area (Å²) in [5.41, 5.74) is 2.22. The summed E-state index contributed by atoms with van der Waals surface area (Å²) in [7, 11) is 0. The van der Waals surface area contributed by atoms with E-state index in [1.807, 2.05) is 24.3 Å². The SMILES string of the molecule is CCCNc1ccc(CNc2ccc([N+](=O)[O-])cn2)cc1. The number of hydrogen-bond donors (Lipinski definition) is 2. The van der Waals surface area contributed by atoms with Gasteiger partial charge in [0.05, 0.1) is 4.92 Å². The maximum absolute atomic E-state index is 10.5. The predicted octanol–water partition coefficient (Wildman–Crippen LogP) is 3.42. The van der Waals surface area contributed by atoms with Crippen LogP contribution in [0.3, 0.4) is 0 Å². The van der Waals surface area contributed by atoms with E-state index in [9.17, 15) is 10.1 Å². The highest BCUT2D eigenvalue weighted by molar-refractivity contribution is 5.46. The Kier molecular flexibility index (Phi) is 5.09. The molecule has 2 rings (SSSR count). The zero-order valence-corrected chi connectivity index (χ0v) is 11.9. The van der Waals surface area contributed by atoms with Gasteiger partial charge in [0.25, 0.3) is 5.69 Å². The molecule has 0 atom stereocenters. The van der Waals surface area contributed by atoms with E-state index in [1.165, 1.54) is 12.3 Å². The molecule has 21 heavy (non-hydrogen) atoms. The third-order valence-electron chi connectivity index (χ3n) is 2.97. The van der Waals surface area contributed by atoms with Crippen molar-refractivity contribution in [2.45, 2.75) is 19.9 Å². The van der Waals surface area contributed by atoms with Crippen LogP contribution in [0, 0.1) is 10.1 Å². The lowest BCUT2D eigenvalue weighted by Gasteiger charge is -2.08. The van der Waals surface area contributed by atoms with Crippen LogP contribution in [-0.2, 0) is 6.54 Å². The van der Waals surface area contributed by atoms with Crippen molar-refractivity contribution in [3.63, 3.8) is 0 Å². The molecule has 0 aliphatic carbocycles. The topological polar surface area (TPSA) is 80.1 Å². The van der Waals surface area contributed by atoms with Crippen LogP contribution in [0.1, 0.15) is 18.9 Å². The molecule has 1 aromatic carbocycles. The van der Waals surface area contributed by atoms with E-state index in [2.05, 4.69) is 22.5 Å². The van der Waals surface area contributed by atoms with Gasteiger partial charge in [-0.15, -0.1) is 0 Å². The van der Waals surface area contributed by atoms with Crippen molar-refractivity contribution in [1.29, 1.82) is 0 Å². The van der Waals surface area contributed by atoms with Crippen molar-refractivity contribution >= 4 is 17.2 Å². The number of anilines is 2. The van der Waals surface area contributed by atoms with Crippen LogP contribution >= 0.6 is 0 Å². The molecular weight excluding hydrogens is 268 g/mol. The zero-order chi connectivity index (χ0) is 15.1. The summed E-state index contributed by atoms with van der Waals surface area (Å²) < 4.78 is 0. The highest BCUT2D eigenvalue weighted by Gasteiger charge is 2.04. The number of nitrogens with one attached hydrogen (secondary N) is 2. The molecule has 1 heterocycles. The first-order valence-corrected chi connectivity index (χ1v) is 6.86. The van der Waals surface area contributed by atoms with E-state index in [-0.39, 0.29) is 5.69 Å². The van der Waals surface area contributed by atoms with Crippen molar-refractivity contribution in [1.82, 2.24) is 4.98 Å². The van der Waals surface area contributed by atoms with Crippen molar-refractivity contribution < 1.29 is 4.92 Å². The monoisotopic (exact) mass is 286 g/mol. The lowest BCUT2D eigenvalue weighted by molar-refractivity contribution is -0.385. The van der Waals surface area contributed by atoms with Crippen LogP contribution in [-0.4, -0.2) is 16.5 Å². The summed E-state index contributed by atoms with van der Waals surface area (Å²) in [6.45, 7) is 3.71. The van der Waals surface area contributed by atoms with Crippen LogP contribution in [0.4, 0.5) is 17.2 Å². The summed E-state index contributed by atoms with van der Waals surface area (Å²) in [5.74, 6) is 0.619. The Balaban J connectivity index is 1.88. The van der Waals surface area contributed by atoms with Gasteiger partial charge in [0.15, 0.2) is 0 Å². The lowest BCUT2D eigenvalue weighted by Crippen LogP contribution is -2.03. The van der Waals surface area contributed by atoms with Gasteiger partial charge in [0, 0.05) is 24.8 Å². The third kappa shape index (κ3) is 4.45. The normalized spacial score (nSPS) is 10.1. The van der Waals surface area contributed by atoms with E-state index < -0.39 is 4.92 Å². The van der Waals surface area contributed by atoms with E-state index >= 15 is 0 Å². The number of hydrogen-bond acceptors (Lipinski definition) is 5. The Bertz CT molecular complexity index is 582. The third-order valence-corrected chi connectivity index (χ3v) is 2.97. The molecule has 0 fully saturated rings. The summed E-state index contributed by atoms with van der Waals surface area (Å²) in [6, 6.07) is 11.2. The average molecular weight is 286 g/mol. The van der Waals surface area contributed by atoms with Crippen molar-refractivity contribution in [2.75, 3.05) is 17.2 Å². The Labute approximate surface area is 123 Å². The highest BCUT2D eigenvalue weighted by Crippen LogP contribution is 2.14. The van der Waals surface area contributed by atoms with Gasteiger partial charge in [-0.2, -0.15) is 0 Å². The first-order valence-electron chi connectivity index (χ1n) is 6.86. The largest absolute Gasteiger partial charge is 0.385 e. The van der Waals surface area contributed by atoms with Crippen LogP contribution in [0.2, 0.25) is 0 Å². The minimum absolute atomic E-state index is 0.00750. The van der Waals surface area contributed by atoms with E-state index in [1.54, 1.807) is 6.07 Å². The fraction of sp³-hybridized carbons (Fsp3) is 0.267. The van der Waals surface area contributed by atoms with Crippen LogP contribution in [0.25, 0.3) is 0 Å². The molecular formula is C15H18N4O2. The van der Waals surface area contributed by atoms with Gasteiger partial charge < -0.3 is 10.6 Å². The summed E-state index contributed by atoms with van der Waals surface area (Å²) in [6.07, 6.45) is 2.34. The van der Waals surface area contributed by atoms with E-state index in [0.29, 0.717) is 12.4 Å². The molecule has 0 amide bonds. The minimum atomic E-state index is -0.460. The van der Waals surface area contributed by atoms with Gasteiger partial charge in [0.2, 0.25) is 0 Å². The van der Waals surface area contributed by atoms with Crippen LogP contribution < -0.4 is 10.6 Å². The number of nitro groups is 1.